The molecule has 1 atom stereocenters. The van der Waals surface area contributed by atoms with Gasteiger partial charge in [0.2, 0.25) is 5.91 Å². The minimum absolute atomic E-state index is 0.110. The van der Waals surface area contributed by atoms with E-state index in [1.807, 2.05) is 30.3 Å². The van der Waals surface area contributed by atoms with E-state index in [0.717, 1.165) is 24.9 Å². The number of hydrogen-bond donors (Lipinski definition) is 2. The highest BCUT2D eigenvalue weighted by Crippen LogP contribution is 2.28. The van der Waals surface area contributed by atoms with E-state index in [1.165, 1.54) is 7.11 Å². The van der Waals surface area contributed by atoms with E-state index >= 15 is 0 Å². The van der Waals surface area contributed by atoms with Crippen molar-refractivity contribution in [1.29, 1.82) is 0 Å². The van der Waals surface area contributed by atoms with Crippen LogP contribution in [0.1, 0.15) is 35.2 Å². The summed E-state index contributed by atoms with van der Waals surface area (Å²) in [5.74, 6) is -0.0576. The van der Waals surface area contributed by atoms with Gasteiger partial charge in [-0.3, -0.25) is 4.79 Å². The Labute approximate surface area is 158 Å². The van der Waals surface area contributed by atoms with Gasteiger partial charge in [-0.1, -0.05) is 30.3 Å². The van der Waals surface area contributed by atoms with Crippen molar-refractivity contribution >= 4 is 17.6 Å². The molecule has 1 fully saturated rings. The van der Waals surface area contributed by atoms with Crippen molar-refractivity contribution in [3.63, 3.8) is 0 Å². The Morgan fingerprint density at radius 1 is 1.19 bits per heavy atom. The molecule has 1 unspecified atom stereocenters. The average molecular weight is 368 g/mol. The molecule has 0 bridgehead atoms. The molecule has 142 valence electrons. The summed E-state index contributed by atoms with van der Waals surface area (Å²) in [5.41, 5.74) is 1.85. The Morgan fingerprint density at radius 3 is 2.70 bits per heavy atom. The highest BCUT2D eigenvalue weighted by atomic mass is 16.5. The van der Waals surface area contributed by atoms with Crippen LogP contribution >= 0.6 is 0 Å². The SMILES string of the molecule is COC(=O)c1ccc(OCc2ccccc2)c(NC(=O)CC2CCCN2)c1. The second-order valence-electron chi connectivity index (χ2n) is 6.52. The van der Waals surface area contributed by atoms with Crippen LogP contribution < -0.4 is 15.4 Å². The maximum atomic E-state index is 12.4. The lowest BCUT2D eigenvalue weighted by Gasteiger charge is -2.15. The minimum Gasteiger partial charge on any atom is -0.487 e. The summed E-state index contributed by atoms with van der Waals surface area (Å²) < 4.78 is 10.7. The maximum absolute atomic E-state index is 12.4. The number of amides is 1. The van der Waals surface area contributed by atoms with E-state index in [9.17, 15) is 9.59 Å². The molecule has 2 N–H and O–H groups in total. The summed E-state index contributed by atoms with van der Waals surface area (Å²) in [7, 11) is 1.33. The number of carbonyl (C=O) groups is 2. The quantitative estimate of drug-likeness (QED) is 0.735. The number of hydrogen-bond acceptors (Lipinski definition) is 5. The number of nitrogens with one attached hydrogen (secondary N) is 2. The van der Waals surface area contributed by atoms with Crippen LogP contribution in [0.2, 0.25) is 0 Å². The number of carbonyl (C=O) groups excluding carboxylic acids is 2. The molecule has 0 aliphatic carbocycles. The highest BCUT2D eigenvalue weighted by Gasteiger charge is 2.19. The third-order valence-corrected chi connectivity index (χ3v) is 4.51. The summed E-state index contributed by atoms with van der Waals surface area (Å²) in [6, 6.07) is 14.8. The summed E-state index contributed by atoms with van der Waals surface area (Å²) >= 11 is 0. The Morgan fingerprint density at radius 2 is 2.00 bits per heavy atom. The molecule has 0 spiro atoms. The van der Waals surface area contributed by atoms with Gasteiger partial charge in [0.15, 0.2) is 0 Å². The van der Waals surface area contributed by atoms with Gasteiger partial charge in [-0.05, 0) is 43.1 Å². The van der Waals surface area contributed by atoms with E-state index in [4.69, 9.17) is 9.47 Å². The van der Waals surface area contributed by atoms with Gasteiger partial charge in [0.1, 0.15) is 12.4 Å². The van der Waals surface area contributed by atoms with Crippen molar-refractivity contribution < 1.29 is 19.1 Å². The number of anilines is 1. The fourth-order valence-corrected chi connectivity index (χ4v) is 3.09. The first kappa shape index (κ1) is 18.9. The molecule has 1 heterocycles. The van der Waals surface area contributed by atoms with Gasteiger partial charge >= 0.3 is 5.97 Å². The molecule has 0 aromatic heterocycles. The van der Waals surface area contributed by atoms with Crippen molar-refractivity contribution in [3.8, 4) is 5.75 Å². The van der Waals surface area contributed by atoms with Crippen LogP contribution in [-0.4, -0.2) is 31.6 Å². The molecule has 2 aromatic rings. The second kappa shape index (κ2) is 9.19. The Balaban J connectivity index is 1.74. The summed E-state index contributed by atoms with van der Waals surface area (Å²) in [4.78, 5) is 24.3. The molecular weight excluding hydrogens is 344 g/mol. The predicted molar refractivity (Wildman–Crippen MR) is 103 cm³/mol. The number of esters is 1. The van der Waals surface area contributed by atoms with Crippen LogP contribution in [0.4, 0.5) is 5.69 Å². The van der Waals surface area contributed by atoms with Gasteiger partial charge < -0.3 is 20.1 Å². The van der Waals surface area contributed by atoms with E-state index in [0.29, 0.717) is 30.0 Å². The first-order valence-corrected chi connectivity index (χ1v) is 9.08. The molecule has 1 amide bonds. The smallest absolute Gasteiger partial charge is 0.337 e. The molecule has 1 saturated heterocycles. The maximum Gasteiger partial charge on any atom is 0.337 e. The molecule has 1 aliphatic rings. The lowest BCUT2D eigenvalue weighted by Crippen LogP contribution is -2.27. The number of rotatable bonds is 7. The fraction of sp³-hybridized carbons (Fsp3) is 0.333. The molecular formula is C21H24N2O4. The van der Waals surface area contributed by atoms with Gasteiger partial charge in [-0.15, -0.1) is 0 Å². The Kier molecular flexibility index (Phi) is 6.44. The largest absolute Gasteiger partial charge is 0.487 e. The van der Waals surface area contributed by atoms with E-state index < -0.39 is 5.97 Å². The average Bonchev–Trinajstić information content (AvgIpc) is 3.20. The summed E-state index contributed by atoms with van der Waals surface area (Å²) in [5, 5.41) is 6.19. The van der Waals surface area contributed by atoms with Gasteiger partial charge in [-0.25, -0.2) is 4.79 Å². The molecule has 0 saturated carbocycles. The second-order valence-corrected chi connectivity index (χ2v) is 6.52. The molecule has 27 heavy (non-hydrogen) atoms. The zero-order valence-corrected chi connectivity index (χ0v) is 15.4. The van der Waals surface area contributed by atoms with Crippen LogP contribution in [-0.2, 0) is 16.1 Å². The molecule has 3 rings (SSSR count). The van der Waals surface area contributed by atoms with E-state index in [1.54, 1.807) is 18.2 Å². The van der Waals surface area contributed by atoms with E-state index in [-0.39, 0.29) is 11.9 Å². The molecule has 1 aliphatic heterocycles. The van der Waals surface area contributed by atoms with Gasteiger partial charge in [0, 0.05) is 12.5 Å². The lowest BCUT2D eigenvalue weighted by atomic mass is 10.1. The number of methoxy groups -OCH3 is 1. The first-order valence-electron chi connectivity index (χ1n) is 9.08. The summed E-state index contributed by atoms with van der Waals surface area (Å²) in [6.07, 6.45) is 2.47. The van der Waals surface area contributed by atoms with Crippen molar-refractivity contribution in [2.45, 2.75) is 31.9 Å². The fourth-order valence-electron chi connectivity index (χ4n) is 3.09. The lowest BCUT2D eigenvalue weighted by molar-refractivity contribution is -0.116. The van der Waals surface area contributed by atoms with Crippen molar-refractivity contribution in [3.05, 3.63) is 59.7 Å². The first-order chi connectivity index (χ1) is 13.2. The topological polar surface area (TPSA) is 76.7 Å². The monoisotopic (exact) mass is 368 g/mol. The molecule has 6 heteroatoms. The van der Waals surface area contributed by atoms with Crippen molar-refractivity contribution in [2.75, 3.05) is 19.0 Å². The van der Waals surface area contributed by atoms with Gasteiger partial charge in [0.05, 0.1) is 18.4 Å². The third kappa shape index (κ3) is 5.31. The van der Waals surface area contributed by atoms with E-state index in [2.05, 4.69) is 10.6 Å². The molecule has 2 aromatic carbocycles. The summed E-state index contributed by atoms with van der Waals surface area (Å²) in [6.45, 7) is 1.31. The Bertz CT molecular complexity index is 786. The standard InChI is InChI=1S/C21H24N2O4/c1-26-21(25)16-9-10-19(27-14-15-6-3-2-4-7-15)18(12-16)23-20(24)13-17-8-5-11-22-17/h2-4,6-7,9-10,12,17,22H,5,8,11,13-14H2,1H3,(H,23,24). The minimum atomic E-state index is -0.461. The van der Waals surface area contributed by atoms with Crippen molar-refractivity contribution in [1.82, 2.24) is 5.32 Å². The third-order valence-electron chi connectivity index (χ3n) is 4.51. The van der Waals surface area contributed by atoms with Gasteiger partial charge in [-0.2, -0.15) is 0 Å². The predicted octanol–water partition coefficient (Wildman–Crippen LogP) is 3.13. The zero-order valence-electron chi connectivity index (χ0n) is 15.4. The highest BCUT2D eigenvalue weighted by molar-refractivity contribution is 5.96. The zero-order chi connectivity index (χ0) is 19.1. The van der Waals surface area contributed by atoms with Crippen molar-refractivity contribution in [2.24, 2.45) is 0 Å². The number of ether oxygens (including phenoxy) is 2. The Hall–Kier alpha value is -2.86. The molecule has 6 nitrogen and oxygen atoms in total. The van der Waals surface area contributed by atoms with Crippen LogP contribution in [0.15, 0.2) is 48.5 Å². The van der Waals surface area contributed by atoms with Crippen LogP contribution in [0.25, 0.3) is 0 Å². The molecule has 0 radical (unpaired) electrons. The normalized spacial score (nSPS) is 16.0. The van der Waals surface area contributed by atoms with Crippen LogP contribution in [0, 0.1) is 0 Å². The number of benzene rings is 2. The van der Waals surface area contributed by atoms with Gasteiger partial charge in [0.25, 0.3) is 0 Å². The van der Waals surface area contributed by atoms with Crippen LogP contribution in [0.3, 0.4) is 0 Å². The van der Waals surface area contributed by atoms with Crippen LogP contribution in [0.5, 0.6) is 5.75 Å².